The number of aryl methyl sites for hydroxylation is 1. The Morgan fingerprint density at radius 3 is 3.06 bits per heavy atom. The molecular formula is C11H14N4O. The summed E-state index contributed by atoms with van der Waals surface area (Å²) in [6.45, 7) is 2.12. The van der Waals surface area contributed by atoms with E-state index in [9.17, 15) is 0 Å². The number of pyridine rings is 1. The molecule has 0 aromatic carbocycles. The lowest BCUT2D eigenvalue weighted by atomic mass is 10.2. The maximum Gasteiger partial charge on any atom is 0.278 e. The van der Waals surface area contributed by atoms with Gasteiger partial charge in [-0.05, 0) is 18.6 Å². The van der Waals surface area contributed by atoms with Crippen molar-refractivity contribution in [3.05, 3.63) is 24.2 Å². The number of hydrogen-bond donors (Lipinski definition) is 1. The molecule has 0 unspecified atom stereocenters. The minimum atomic E-state index is 0.393. The highest BCUT2D eigenvalue weighted by molar-refractivity contribution is 5.65. The van der Waals surface area contributed by atoms with Crippen LogP contribution in [-0.2, 0) is 6.42 Å². The zero-order valence-corrected chi connectivity index (χ0v) is 9.18. The van der Waals surface area contributed by atoms with E-state index >= 15 is 0 Å². The number of hydrogen-bond acceptors (Lipinski definition) is 5. The molecule has 0 spiro atoms. The lowest BCUT2D eigenvalue weighted by Crippen LogP contribution is -1.93. The van der Waals surface area contributed by atoms with E-state index in [1.165, 1.54) is 0 Å². The summed E-state index contributed by atoms with van der Waals surface area (Å²) in [7, 11) is 0. The van der Waals surface area contributed by atoms with Crippen LogP contribution in [0.1, 0.15) is 25.6 Å². The second kappa shape index (κ2) is 4.74. The molecule has 84 valence electrons. The van der Waals surface area contributed by atoms with Crippen LogP contribution in [0, 0.1) is 0 Å². The number of nitrogens with two attached hydrogens (primary N) is 1. The van der Waals surface area contributed by atoms with Crippen molar-refractivity contribution in [1.82, 2.24) is 15.1 Å². The van der Waals surface area contributed by atoms with Crippen LogP contribution in [0.15, 0.2) is 22.9 Å². The smallest absolute Gasteiger partial charge is 0.278 e. The van der Waals surface area contributed by atoms with E-state index < -0.39 is 0 Å². The molecular weight excluding hydrogens is 204 g/mol. The van der Waals surface area contributed by atoms with Crippen LogP contribution in [0.4, 0.5) is 5.69 Å². The second-order valence-electron chi connectivity index (χ2n) is 3.56. The Kier molecular flexibility index (Phi) is 3.14. The largest absolute Gasteiger partial charge is 0.397 e. The molecule has 0 aliphatic rings. The van der Waals surface area contributed by atoms with Gasteiger partial charge in [0.05, 0.1) is 5.69 Å². The van der Waals surface area contributed by atoms with Gasteiger partial charge in [0.1, 0.15) is 0 Å². The molecule has 0 fully saturated rings. The zero-order chi connectivity index (χ0) is 11.4. The lowest BCUT2D eigenvalue weighted by molar-refractivity contribution is 0.420. The number of aromatic nitrogens is 3. The first-order chi connectivity index (χ1) is 7.81. The van der Waals surface area contributed by atoms with E-state index in [1.807, 2.05) is 0 Å². The van der Waals surface area contributed by atoms with Crippen LogP contribution in [0.2, 0.25) is 0 Å². The van der Waals surface area contributed by atoms with Crippen LogP contribution in [0.25, 0.3) is 11.6 Å². The Hall–Kier alpha value is -1.91. The fourth-order valence-electron chi connectivity index (χ4n) is 1.38. The molecule has 0 atom stereocenters. The van der Waals surface area contributed by atoms with Crippen LogP contribution < -0.4 is 5.73 Å². The van der Waals surface area contributed by atoms with Gasteiger partial charge >= 0.3 is 0 Å². The molecule has 0 aliphatic heterocycles. The second-order valence-corrected chi connectivity index (χ2v) is 3.56. The van der Waals surface area contributed by atoms with Gasteiger partial charge in [0.2, 0.25) is 0 Å². The van der Waals surface area contributed by atoms with E-state index in [4.69, 9.17) is 10.3 Å². The van der Waals surface area contributed by atoms with Crippen LogP contribution >= 0.6 is 0 Å². The van der Waals surface area contributed by atoms with Crippen LogP contribution in [-0.4, -0.2) is 15.1 Å². The van der Waals surface area contributed by atoms with Crippen molar-refractivity contribution in [3.8, 4) is 11.6 Å². The molecule has 2 aromatic rings. The average Bonchev–Trinajstić information content (AvgIpc) is 2.75. The van der Waals surface area contributed by atoms with Gasteiger partial charge in [-0.1, -0.05) is 18.5 Å². The van der Waals surface area contributed by atoms with Gasteiger partial charge in [0.15, 0.2) is 11.5 Å². The maximum atomic E-state index is 5.77. The Morgan fingerprint density at radius 1 is 1.44 bits per heavy atom. The van der Waals surface area contributed by atoms with E-state index in [0.29, 0.717) is 23.1 Å². The molecule has 0 aliphatic carbocycles. The molecule has 2 heterocycles. The Balaban J connectivity index is 2.22. The van der Waals surface area contributed by atoms with Crippen molar-refractivity contribution in [3.63, 3.8) is 0 Å². The molecule has 2 rings (SSSR count). The fraction of sp³-hybridized carbons (Fsp3) is 0.364. The molecule has 0 bridgehead atoms. The predicted molar refractivity (Wildman–Crippen MR) is 60.6 cm³/mol. The van der Waals surface area contributed by atoms with E-state index in [-0.39, 0.29) is 0 Å². The summed E-state index contributed by atoms with van der Waals surface area (Å²) in [5.41, 5.74) is 6.87. The number of unbranched alkanes of at least 4 members (excludes halogenated alkanes) is 1. The molecule has 0 saturated carbocycles. The monoisotopic (exact) mass is 218 g/mol. The van der Waals surface area contributed by atoms with E-state index in [1.54, 1.807) is 18.3 Å². The Labute approximate surface area is 93.7 Å². The molecule has 0 radical (unpaired) electrons. The third kappa shape index (κ3) is 2.18. The first-order valence-corrected chi connectivity index (χ1v) is 5.34. The van der Waals surface area contributed by atoms with Gasteiger partial charge in [0, 0.05) is 12.6 Å². The zero-order valence-electron chi connectivity index (χ0n) is 9.18. The van der Waals surface area contributed by atoms with Crippen LogP contribution in [0.5, 0.6) is 0 Å². The van der Waals surface area contributed by atoms with Gasteiger partial charge in [-0.15, -0.1) is 0 Å². The molecule has 0 amide bonds. The van der Waals surface area contributed by atoms with Crippen molar-refractivity contribution in [2.24, 2.45) is 0 Å². The fourth-order valence-corrected chi connectivity index (χ4v) is 1.38. The molecule has 5 heteroatoms. The van der Waals surface area contributed by atoms with Crippen LogP contribution in [0.3, 0.4) is 0 Å². The first-order valence-electron chi connectivity index (χ1n) is 5.34. The minimum Gasteiger partial charge on any atom is -0.397 e. The third-order valence-corrected chi connectivity index (χ3v) is 2.26. The number of rotatable bonds is 4. The van der Waals surface area contributed by atoms with Gasteiger partial charge in [-0.25, -0.2) is 4.98 Å². The normalized spacial score (nSPS) is 10.6. The van der Waals surface area contributed by atoms with Gasteiger partial charge in [-0.2, -0.15) is 4.98 Å². The molecule has 5 nitrogen and oxygen atoms in total. The van der Waals surface area contributed by atoms with Crippen molar-refractivity contribution in [2.45, 2.75) is 26.2 Å². The van der Waals surface area contributed by atoms with Crippen molar-refractivity contribution in [1.29, 1.82) is 0 Å². The number of nitrogens with zero attached hydrogens (tertiary/aromatic N) is 3. The maximum absolute atomic E-state index is 5.77. The van der Waals surface area contributed by atoms with Crippen molar-refractivity contribution >= 4 is 5.69 Å². The predicted octanol–water partition coefficient (Wildman–Crippen LogP) is 2.06. The molecule has 16 heavy (non-hydrogen) atoms. The average molecular weight is 218 g/mol. The van der Waals surface area contributed by atoms with Gasteiger partial charge < -0.3 is 10.3 Å². The summed E-state index contributed by atoms with van der Waals surface area (Å²) in [5, 5.41) is 3.89. The molecule has 2 N–H and O–H groups in total. The summed E-state index contributed by atoms with van der Waals surface area (Å²) in [5.74, 6) is 1.10. The minimum absolute atomic E-state index is 0.393. The highest BCUT2D eigenvalue weighted by atomic mass is 16.5. The number of nitrogen functional groups attached to an aromatic ring is 1. The summed E-state index contributed by atoms with van der Waals surface area (Å²) in [6, 6.07) is 3.53. The van der Waals surface area contributed by atoms with Gasteiger partial charge in [0.25, 0.3) is 5.89 Å². The van der Waals surface area contributed by atoms with Crippen molar-refractivity contribution < 1.29 is 4.52 Å². The summed E-state index contributed by atoms with van der Waals surface area (Å²) in [6.07, 6.45) is 4.64. The summed E-state index contributed by atoms with van der Waals surface area (Å²) in [4.78, 5) is 8.38. The topological polar surface area (TPSA) is 77.8 Å². The standard InChI is InChI=1S/C11H14N4O/c1-2-3-6-9-14-11(16-15-9)10-8(12)5-4-7-13-10/h4-5,7H,2-3,6,12H2,1H3. The van der Waals surface area contributed by atoms with Crippen molar-refractivity contribution in [2.75, 3.05) is 5.73 Å². The van der Waals surface area contributed by atoms with E-state index in [2.05, 4.69) is 22.0 Å². The van der Waals surface area contributed by atoms with E-state index in [0.717, 1.165) is 19.3 Å². The SMILES string of the molecule is CCCCc1noc(-c2ncccc2N)n1. The first kappa shape index (κ1) is 10.6. The van der Waals surface area contributed by atoms with Gasteiger partial charge in [-0.3, -0.25) is 0 Å². The summed E-state index contributed by atoms with van der Waals surface area (Å²) < 4.78 is 5.12. The Morgan fingerprint density at radius 2 is 2.31 bits per heavy atom. The highest BCUT2D eigenvalue weighted by Gasteiger charge is 2.11. The number of anilines is 1. The quantitative estimate of drug-likeness (QED) is 0.849. The lowest BCUT2D eigenvalue weighted by Gasteiger charge is -1.96. The molecule has 0 saturated heterocycles. The third-order valence-electron chi connectivity index (χ3n) is 2.26. The summed E-state index contributed by atoms with van der Waals surface area (Å²) >= 11 is 0. The molecule has 2 aromatic heterocycles. The highest BCUT2D eigenvalue weighted by Crippen LogP contribution is 2.20. The Bertz CT molecular complexity index is 467.